The highest BCUT2D eigenvalue weighted by atomic mass is 35.5. The molecule has 0 saturated carbocycles. The van der Waals surface area contributed by atoms with E-state index in [-0.39, 0.29) is 12.7 Å². The zero-order valence-corrected chi connectivity index (χ0v) is 9.02. The lowest BCUT2D eigenvalue weighted by molar-refractivity contribution is 0.446. The number of halogens is 2. The van der Waals surface area contributed by atoms with E-state index in [0.29, 0.717) is 13.0 Å². The Balaban J connectivity index is 2.51. The number of benzene rings is 1. The largest absolute Gasteiger partial charge is 0.310 e. The third-order valence-corrected chi connectivity index (χ3v) is 2.48. The SMILES string of the molecule is CC(NCCCF)c1ccccc1Cl. The first-order valence-corrected chi connectivity index (χ1v) is 5.17. The number of alkyl halides is 1. The minimum Gasteiger partial charge on any atom is -0.310 e. The van der Waals surface area contributed by atoms with Crippen LogP contribution in [-0.2, 0) is 0 Å². The molecule has 78 valence electrons. The van der Waals surface area contributed by atoms with Gasteiger partial charge in [-0.3, -0.25) is 4.39 Å². The number of hydrogen-bond acceptors (Lipinski definition) is 1. The van der Waals surface area contributed by atoms with E-state index in [1.807, 2.05) is 31.2 Å². The summed E-state index contributed by atoms with van der Waals surface area (Å²) in [6.07, 6.45) is 0.550. The maximum atomic E-state index is 11.9. The molecular weight excluding hydrogens is 201 g/mol. The Hall–Kier alpha value is -0.600. The summed E-state index contributed by atoms with van der Waals surface area (Å²) in [5.41, 5.74) is 1.06. The standard InChI is InChI=1S/C11H15ClFN/c1-9(14-8-4-7-13)10-5-2-3-6-11(10)12/h2-3,5-6,9,14H,4,7-8H2,1H3. The van der Waals surface area contributed by atoms with Crippen LogP contribution < -0.4 is 5.32 Å². The van der Waals surface area contributed by atoms with Gasteiger partial charge in [-0.2, -0.15) is 0 Å². The van der Waals surface area contributed by atoms with Crippen LogP contribution in [0.15, 0.2) is 24.3 Å². The van der Waals surface area contributed by atoms with E-state index in [1.165, 1.54) is 0 Å². The smallest absolute Gasteiger partial charge is 0.0906 e. The molecule has 0 amide bonds. The van der Waals surface area contributed by atoms with Gasteiger partial charge in [0.05, 0.1) is 6.67 Å². The Kier molecular flexibility index (Phi) is 4.91. The average molecular weight is 216 g/mol. The Labute approximate surface area is 89.3 Å². The number of nitrogens with one attached hydrogen (secondary N) is 1. The fraction of sp³-hybridized carbons (Fsp3) is 0.455. The van der Waals surface area contributed by atoms with Crippen LogP contribution in [0.2, 0.25) is 5.02 Å². The van der Waals surface area contributed by atoms with Gasteiger partial charge in [-0.15, -0.1) is 0 Å². The third kappa shape index (κ3) is 3.28. The zero-order valence-electron chi connectivity index (χ0n) is 8.26. The van der Waals surface area contributed by atoms with Crippen molar-refractivity contribution in [1.29, 1.82) is 0 Å². The highest BCUT2D eigenvalue weighted by Crippen LogP contribution is 2.21. The summed E-state index contributed by atoms with van der Waals surface area (Å²) < 4.78 is 11.9. The lowest BCUT2D eigenvalue weighted by atomic mass is 10.1. The molecule has 0 aromatic heterocycles. The van der Waals surface area contributed by atoms with Gasteiger partial charge < -0.3 is 5.32 Å². The molecule has 1 aromatic rings. The molecule has 1 aromatic carbocycles. The predicted octanol–water partition coefficient (Wildman–Crippen LogP) is 3.35. The first kappa shape index (κ1) is 11.5. The molecule has 0 bridgehead atoms. The molecule has 1 unspecified atom stereocenters. The summed E-state index contributed by atoms with van der Waals surface area (Å²) in [6.45, 7) is 2.44. The molecule has 1 atom stereocenters. The Morgan fingerprint density at radius 1 is 1.43 bits per heavy atom. The van der Waals surface area contributed by atoms with Gasteiger partial charge in [0.1, 0.15) is 0 Å². The number of hydrogen-bond donors (Lipinski definition) is 1. The van der Waals surface area contributed by atoms with Crippen molar-refractivity contribution in [1.82, 2.24) is 5.32 Å². The van der Waals surface area contributed by atoms with E-state index in [0.717, 1.165) is 10.6 Å². The maximum absolute atomic E-state index is 11.9. The Morgan fingerprint density at radius 3 is 2.79 bits per heavy atom. The summed E-state index contributed by atoms with van der Waals surface area (Å²) in [7, 11) is 0. The molecule has 0 aliphatic heterocycles. The third-order valence-electron chi connectivity index (χ3n) is 2.13. The highest BCUT2D eigenvalue weighted by Gasteiger charge is 2.07. The summed E-state index contributed by atoms with van der Waals surface area (Å²) in [6, 6.07) is 7.88. The monoisotopic (exact) mass is 215 g/mol. The second kappa shape index (κ2) is 5.99. The topological polar surface area (TPSA) is 12.0 Å². The van der Waals surface area contributed by atoms with E-state index in [9.17, 15) is 4.39 Å². The van der Waals surface area contributed by atoms with Gasteiger partial charge in [0.2, 0.25) is 0 Å². The van der Waals surface area contributed by atoms with Gasteiger partial charge in [-0.05, 0) is 31.5 Å². The van der Waals surface area contributed by atoms with Crippen molar-refractivity contribution in [3.05, 3.63) is 34.9 Å². The Morgan fingerprint density at radius 2 is 2.14 bits per heavy atom. The van der Waals surface area contributed by atoms with E-state index in [2.05, 4.69) is 5.32 Å². The van der Waals surface area contributed by atoms with Crippen LogP contribution in [0.1, 0.15) is 24.9 Å². The van der Waals surface area contributed by atoms with Crippen molar-refractivity contribution >= 4 is 11.6 Å². The lowest BCUT2D eigenvalue weighted by Gasteiger charge is -2.14. The summed E-state index contributed by atoms with van der Waals surface area (Å²) in [5, 5.41) is 3.97. The normalized spacial score (nSPS) is 12.8. The predicted molar refractivity (Wildman–Crippen MR) is 58.5 cm³/mol. The molecule has 1 rings (SSSR count). The maximum Gasteiger partial charge on any atom is 0.0906 e. The minimum atomic E-state index is -0.276. The van der Waals surface area contributed by atoms with Gasteiger partial charge in [0.25, 0.3) is 0 Å². The van der Waals surface area contributed by atoms with Gasteiger partial charge in [0.15, 0.2) is 0 Å². The summed E-state index contributed by atoms with van der Waals surface area (Å²) >= 11 is 6.02. The average Bonchev–Trinajstić information content (AvgIpc) is 2.18. The number of rotatable bonds is 5. The lowest BCUT2D eigenvalue weighted by Crippen LogP contribution is -2.20. The fourth-order valence-electron chi connectivity index (χ4n) is 1.32. The van der Waals surface area contributed by atoms with E-state index >= 15 is 0 Å². The second-order valence-electron chi connectivity index (χ2n) is 3.24. The molecule has 1 nitrogen and oxygen atoms in total. The van der Waals surface area contributed by atoms with Crippen molar-refractivity contribution in [3.63, 3.8) is 0 Å². The fourth-order valence-corrected chi connectivity index (χ4v) is 1.62. The van der Waals surface area contributed by atoms with Crippen LogP contribution in [0, 0.1) is 0 Å². The van der Waals surface area contributed by atoms with Crippen molar-refractivity contribution in [2.75, 3.05) is 13.2 Å². The Bertz CT molecular complexity index is 278. The molecule has 0 heterocycles. The van der Waals surface area contributed by atoms with Crippen LogP contribution in [0.5, 0.6) is 0 Å². The van der Waals surface area contributed by atoms with Crippen LogP contribution in [0.25, 0.3) is 0 Å². The van der Waals surface area contributed by atoms with Gasteiger partial charge in [-0.1, -0.05) is 29.8 Å². The molecule has 1 N–H and O–H groups in total. The summed E-state index contributed by atoms with van der Waals surface area (Å²) in [4.78, 5) is 0. The van der Waals surface area contributed by atoms with Crippen molar-refractivity contribution < 1.29 is 4.39 Å². The van der Waals surface area contributed by atoms with E-state index in [1.54, 1.807) is 0 Å². The summed E-state index contributed by atoms with van der Waals surface area (Å²) in [5.74, 6) is 0. The van der Waals surface area contributed by atoms with Gasteiger partial charge in [0, 0.05) is 11.1 Å². The molecule has 0 spiro atoms. The molecular formula is C11H15ClFN. The molecule has 3 heteroatoms. The molecule has 0 radical (unpaired) electrons. The van der Waals surface area contributed by atoms with Crippen molar-refractivity contribution in [3.8, 4) is 0 Å². The molecule has 0 aliphatic carbocycles. The molecule has 0 aliphatic rings. The second-order valence-corrected chi connectivity index (χ2v) is 3.65. The van der Waals surface area contributed by atoms with Crippen molar-refractivity contribution in [2.45, 2.75) is 19.4 Å². The van der Waals surface area contributed by atoms with Crippen LogP contribution in [-0.4, -0.2) is 13.2 Å². The highest BCUT2D eigenvalue weighted by molar-refractivity contribution is 6.31. The molecule has 0 saturated heterocycles. The first-order valence-electron chi connectivity index (χ1n) is 4.79. The van der Waals surface area contributed by atoms with Gasteiger partial charge >= 0.3 is 0 Å². The first-order chi connectivity index (χ1) is 6.75. The minimum absolute atomic E-state index is 0.176. The molecule has 14 heavy (non-hydrogen) atoms. The van der Waals surface area contributed by atoms with Crippen LogP contribution >= 0.6 is 11.6 Å². The zero-order chi connectivity index (χ0) is 10.4. The van der Waals surface area contributed by atoms with E-state index in [4.69, 9.17) is 11.6 Å². The van der Waals surface area contributed by atoms with Crippen LogP contribution in [0.4, 0.5) is 4.39 Å². The van der Waals surface area contributed by atoms with Crippen LogP contribution in [0.3, 0.4) is 0 Å². The molecule has 0 fully saturated rings. The van der Waals surface area contributed by atoms with Gasteiger partial charge in [-0.25, -0.2) is 0 Å². The quantitative estimate of drug-likeness (QED) is 0.743. The van der Waals surface area contributed by atoms with E-state index < -0.39 is 0 Å². The van der Waals surface area contributed by atoms with Crippen molar-refractivity contribution in [2.24, 2.45) is 0 Å².